The molecule has 0 aliphatic carbocycles. The molecule has 2 N–H and O–H groups in total. The molecule has 37 heavy (non-hydrogen) atoms. The summed E-state index contributed by atoms with van der Waals surface area (Å²) in [6, 6.07) is 6.23. The molecule has 1 saturated heterocycles. The first-order valence-electron chi connectivity index (χ1n) is 11.4. The minimum atomic E-state index is -0.719. The van der Waals surface area contributed by atoms with E-state index >= 15 is 0 Å². The summed E-state index contributed by atoms with van der Waals surface area (Å²) in [5.41, 5.74) is 0.555. The zero-order chi connectivity index (χ0) is 26.5. The molecule has 1 aliphatic heterocycles. The highest BCUT2D eigenvalue weighted by molar-refractivity contribution is 6.42. The Balaban J connectivity index is 1.66. The zero-order valence-electron chi connectivity index (χ0n) is 19.9. The fraction of sp³-hybridized carbons (Fsp3) is 0.280. The van der Waals surface area contributed by atoms with Gasteiger partial charge in [0, 0.05) is 44.4 Å². The van der Waals surface area contributed by atoms with Crippen molar-refractivity contribution < 1.29 is 23.5 Å². The Morgan fingerprint density at radius 1 is 1.22 bits per heavy atom. The summed E-state index contributed by atoms with van der Waals surface area (Å²) < 4.78 is 26.7. The minimum Gasteiger partial charge on any atom is -0.486 e. The number of amides is 2. The molecule has 0 saturated carbocycles. The first-order valence-corrected chi connectivity index (χ1v) is 12.2. The van der Waals surface area contributed by atoms with Crippen LogP contribution in [0.1, 0.15) is 12.8 Å². The van der Waals surface area contributed by atoms with Crippen LogP contribution in [-0.4, -0.2) is 59.5 Å². The highest BCUT2D eigenvalue weighted by Crippen LogP contribution is 2.38. The number of nitrogens with zero attached hydrogens (tertiary/aromatic N) is 3. The van der Waals surface area contributed by atoms with E-state index in [0.29, 0.717) is 54.2 Å². The second-order valence-corrected chi connectivity index (χ2v) is 8.98. The van der Waals surface area contributed by atoms with Crippen LogP contribution in [-0.2, 0) is 9.59 Å². The second kappa shape index (κ2) is 11.6. The normalized spacial score (nSPS) is 13.8. The molecule has 3 aromatic rings. The zero-order valence-corrected chi connectivity index (χ0v) is 21.4. The highest BCUT2D eigenvalue weighted by Gasteiger charge is 2.24. The molecular weight excluding hydrogens is 524 g/mol. The first kappa shape index (κ1) is 26.4. The molecule has 9 nitrogen and oxygen atoms in total. The molecule has 0 spiro atoms. The third-order valence-corrected chi connectivity index (χ3v) is 6.63. The quantitative estimate of drug-likeness (QED) is 0.316. The lowest BCUT2D eigenvalue weighted by Gasteiger charge is -2.32. The number of fused-ring (bicyclic) bond motifs is 1. The van der Waals surface area contributed by atoms with Crippen LogP contribution in [0.15, 0.2) is 43.2 Å². The monoisotopic (exact) mass is 547 g/mol. The maximum atomic E-state index is 14.7. The van der Waals surface area contributed by atoms with Gasteiger partial charge in [0.25, 0.3) is 5.91 Å². The summed E-state index contributed by atoms with van der Waals surface area (Å²) in [6.07, 6.45) is 3.59. The van der Waals surface area contributed by atoms with Gasteiger partial charge in [-0.05, 0) is 24.3 Å². The Bertz CT molecular complexity index is 1350. The van der Waals surface area contributed by atoms with E-state index in [4.69, 9.17) is 32.7 Å². The van der Waals surface area contributed by atoms with Crippen molar-refractivity contribution in [1.29, 1.82) is 0 Å². The second-order valence-electron chi connectivity index (χ2n) is 8.19. The van der Waals surface area contributed by atoms with Crippen molar-refractivity contribution in [3.8, 4) is 11.5 Å². The number of ether oxygens (including phenoxy) is 2. The standard InChI is InChI=1S/C25H24Cl2FN5O4/c1-3-22(35)33-8-6-14(7-9-33)37-20-10-15-18(11-19(20)36-12-21(34)29-2)30-13-31-25(15)32-17-5-4-16(26)23(27)24(17)28/h3-5,10-11,13-14H,1,6-9,12H2,2H3,(H,29,34)(H,30,31,32). The summed E-state index contributed by atoms with van der Waals surface area (Å²) in [5, 5.41) is 5.84. The van der Waals surface area contributed by atoms with Gasteiger partial charge < -0.3 is 25.0 Å². The molecule has 0 radical (unpaired) electrons. The predicted octanol–water partition coefficient (Wildman–Crippen LogP) is 4.50. The van der Waals surface area contributed by atoms with Gasteiger partial charge in [-0.1, -0.05) is 29.8 Å². The summed E-state index contributed by atoms with van der Waals surface area (Å²) in [4.78, 5) is 34.0. The van der Waals surface area contributed by atoms with E-state index in [1.54, 1.807) is 17.0 Å². The van der Waals surface area contributed by atoms with Gasteiger partial charge in [-0.25, -0.2) is 14.4 Å². The SMILES string of the molecule is C=CC(=O)N1CCC(Oc2cc3c(Nc4ccc(Cl)c(Cl)c4F)ncnc3cc2OCC(=O)NC)CC1. The molecule has 4 rings (SSSR count). The molecule has 2 amide bonds. The lowest BCUT2D eigenvalue weighted by Crippen LogP contribution is -2.41. The molecule has 2 heterocycles. The van der Waals surface area contributed by atoms with Crippen molar-refractivity contribution in [2.24, 2.45) is 0 Å². The van der Waals surface area contributed by atoms with E-state index in [1.807, 2.05) is 0 Å². The van der Waals surface area contributed by atoms with E-state index in [0.717, 1.165) is 0 Å². The van der Waals surface area contributed by atoms with E-state index in [9.17, 15) is 14.0 Å². The number of likely N-dealkylation sites (N-methyl/N-ethyl adjacent to an activating group) is 1. The Hall–Kier alpha value is -3.63. The number of aromatic nitrogens is 2. The number of halogens is 3. The van der Waals surface area contributed by atoms with Gasteiger partial charge in [-0.2, -0.15) is 0 Å². The number of anilines is 2. The smallest absolute Gasteiger partial charge is 0.257 e. The molecule has 0 atom stereocenters. The Morgan fingerprint density at radius 2 is 1.97 bits per heavy atom. The maximum Gasteiger partial charge on any atom is 0.257 e. The summed E-state index contributed by atoms with van der Waals surface area (Å²) in [6.45, 7) is 4.34. The van der Waals surface area contributed by atoms with E-state index in [1.165, 1.54) is 31.6 Å². The van der Waals surface area contributed by atoms with E-state index < -0.39 is 5.82 Å². The molecule has 194 valence electrons. The number of rotatable bonds is 8. The number of hydrogen-bond acceptors (Lipinski definition) is 7. The number of hydrogen-bond donors (Lipinski definition) is 2. The average Bonchev–Trinajstić information content (AvgIpc) is 2.92. The molecule has 12 heteroatoms. The molecular formula is C25H24Cl2FN5O4. The number of carbonyl (C=O) groups excluding carboxylic acids is 2. The van der Waals surface area contributed by atoms with Crippen molar-refractivity contribution in [2.75, 3.05) is 32.1 Å². The Morgan fingerprint density at radius 3 is 2.68 bits per heavy atom. The van der Waals surface area contributed by atoms with E-state index in [2.05, 4.69) is 27.2 Å². The van der Waals surface area contributed by atoms with Crippen LogP contribution >= 0.6 is 23.2 Å². The molecule has 2 aromatic carbocycles. The number of carbonyl (C=O) groups is 2. The van der Waals surface area contributed by atoms with Crippen molar-refractivity contribution >= 4 is 57.4 Å². The lowest BCUT2D eigenvalue weighted by atomic mass is 10.1. The van der Waals surface area contributed by atoms with Crippen LogP contribution in [0.25, 0.3) is 10.9 Å². The molecule has 1 aromatic heterocycles. The number of nitrogens with one attached hydrogen (secondary N) is 2. The summed E-state index contributed by atoms with van der Waals surface area (Å²) in [7, 11) is 1.51. The Labute approximate surface area is 222 Å². The molecule has 0 bridgehead atoms. The van der Waals surface area contributed by atoms with Gasteiger partial charge in [0.15, 0.2) is 23.9 Å². The largest absolute Gasteiger partial charge is 0.486 e. The third-order valence-electron chi connectivity index (χ3n) is 5.85. The van der Waals surface area contributed by atoms with Crippen LogP contribution in [0.2, 0.25) is 10.0 Å². The Kier molecular flexibility index (Phi) is 8.30. The van der Waals surface area contributed by atoms with Gasteiger partial charge in [0.05, 0.1) is 21.2 Å². The summed E-state index contributed by atoms with van der Waals surface area (Å²) >= 11 is 11.9. The average molecular weight is 548 g/mol. The minimum absolute atomic E-state index is 0.0797. The predicted molar refractivity (Wildman–Crippen MR) is 139 cm³/mol. The van der Waals surface area contributed by atoms with Crippen LogP contribution in [0.3, 0.4) is 0 Å². The number of likely N-dealkylation sites (tertiary alicyclic amines) is 1. The van der Waals surface area contributed by atoms with Gasteiger partial charge in [-0.15, -0.1) is 0 Å². The van der Waals surface area contributed by atoms with Crippen LogP contribution in [0.5, 0.6) is 11.5 Å². The number of piperidine rings is 1. The number of benzene rings is 2. The third kappa shape index (κ3) is 6.03. The van der Waals surface area contributed by atoms with Gasteiger partial charge in [0.2, 0.25) is 5.91 Å². The molecule has 1 fully saturated rings. The van der Waals surface area contributed by atoms with Crippen molar-refractivity contribution in [3.05, 3.63) is 59.1 Å². The molecule has 1 aliphatic rings. The highest BCUT2D eigenvalue weighted by atomic mass is 35.5. The van der Waals surface area contributed by atoms with Crippen molar-refractivity contribution in [1.82, 2.24) is 20.2 Å². The molecule has 0 unspecified atom stereocenters. The van der Waals surface area contributed by atoms with Gasteiger partial charge in [-0.3, -0.25) is 9.59 Å². The first-order chi connectivity index (χ1) is 17.8. The van der Waals surface area contributed by atoms with Crippen LogP contribution in [0.4, 0.5) is 15.9 Å². The van der Waals surface area contributed by atoms with Crippen molar-refractivity contribution in [3.63, 3.8) is 0 Å². The fourth-order valence-electron chi connectivity index (χ4n) is 3.84. The fourth-order valence-corrected chi connectivity index (χ4v) is 4.15. The lowest BCUT2D eigenvalue weighted by molar-refractivity contribution is -0.127. The topological polar surface area (TPSA) is 106 Å². The van der Waals surface area contributed by atoms with E-state index in [-0.39, 0.29) is 40.3 Å². The van der Waals surface area contributed by atoms with Crippen molar-refractivity contribution in [2.45, 2.75) is 18.9 Å². The summed E-state index contributed by atoms with van der Waals surface area (Å²) in [5.74, 6) is -0.188. The van der Waals surface area contributed by atoms with Crippen LogP contribution in [0, 0.1) is 5.82 Å². The maximum absolute atomic E-state index is 14.7. The van der Waals surface area contributed by atoms with Gasteiger partial charge in [0.1, 0.15) is 18.2 Å². The van der Waals surface area contributed by atoms with Gasteiger partial charge >= 0.3 is 0 Å². The van der Waals surface area contributed by atoms with Crippen LogP contribution < -0.4 is 20.1 Å².